The number of nitrogens with zero attached hydrogens (tertiary/aromatic N) is 4. The third-order valence-corrected chi connectivity index (χ3v) is 5.88. The lowest BCUT2D eigenvalue weighted by molar-refractivity contribution is 0.0949. The van der Waals surface area contributed by atoms with E-state index in [0.717, 1.165) is 31.0 Å². The Balaban J connectivity index is 1.14. The van der Waals surface area contributed by atoms with Gasteiger partial charge in [0.25, 0.3) is 5.91 Å². The van der Waals surface area contributed by atoms with Crippen molar-refractivity contribution in [2.24, 2.45) is 0 Å². The molecule has 1 fully saturated rings. The van der Waals surface area contributed by atoms with E-state index in [1.165, 1.54) is 30.6 Å². The number of nitrogens with one attached hydrogen (secondary N) is 2. The number of amides is 1. The third kappa shape index (κ3) is 4.58. The molecule has 5 rings (SSSR count). The Morgan fingerprint density at radius 2 is 2.00 bits per heavy atom. The van der Waals surface area contributed by atoms with Crippen LogP contribution in [0.2, 0.25) is 0 Å². The van der Waals surface area contributed by atoms with Crippen molar-refractivity contribution < 1.29 is 13.6 Å². The van der Waals surface area contributed by atoms with E-state index in [9.17, 15) is 13.6 Å². The molecule has 2 N–H and O–H groups in total. The predicted octanol–water partition coefficient (Wildman–Crippen LogP) is 3.20. The lowest BCUT2D eigenvalue weighted by Crippen LogP contribution is -2.45. The summed E-state index contributed by atoms with van der Waals surface area (Å²) >= 11 is 0. The Bertz CT molecular complexity index is 1300. The van der Waals surface area contributed by atoms with Crippen molar-refractivity contribution in [1.82, 2.24) is 30.2 Å². The van der Waals surface area contributed by atoms with Crippen LogP contribution in [0.1, 0.15) is 33.4 Å². The Hall–Kier alpha value is -3.72. The molecule has 1 saturated heterocycles. The molecule has 4 heterocycles. The number of imidazole rings is 1. The Labute approximate surface area is 188 Å². The second kappa shape index (κ2) is 9.03. The fourth-order valence-corrected chi connectivity index (χ4v) is 4.01. The molecule has 1 aliphatic heterocycles. The van der Waals surface area contributed by atoms with E-state index in [1.54, 1.807) is 12.3 Å². The Kier molecular flexibility index (Phi) is 5.78. The standard InChI is InChI=1S/C24H22F2N6O/c25-18-4-2-7-28-21(18)12-29-24(33)16-9-15(10-27-11-16)17-13-32(14-17)8-6-22-30-20-5-1-3-19(26)23(20)31-22/h1-5,7,9-11,17H,6,8,12-14H2,(H,29,33)(H,30,31). The molecule has 0 unspecified atom stereocenters. The molecule has 4 aromatic rings. The van der Waals surface area contributed by atoms with E-state index in [2.05, 4.69) is 30.2 Å². The number of benzene rings is 1. The summed E-state index contributed by atoms with van der Waals surface area (Å²) in [5.74, 6) is -0.0369. The number of fused-ring (bicyclic) bond motifs is 1. The first-order chi connectivity index (χ1) is 16.1. The average molecular weight is 448 g/mol. The first-order valence-corrected chi connectivity index (χ1v) is 10.7. The predicted molar refractivity (Wildman–Crippen MR) is 119 cm³/mol. The van der Waals surface area contributed by atoms with Crippen LogP contribution in [0.25, 0.3) is 11.0 Å². The van der Waals surface area contributed by atoms with Crippen LogP contribution < -0.4 is 5.32 Å². The number of aromatic nitrogens is 4. The lowest BCUT2D eigenvalue weighted by Gasteiger charge is -2.39. The molecule has 0 atom stereocenters. The first-order valence-electron chi connectivity index (χ1n) is 10.7. The first kappa shape index (κ1) is 21.1. The van der Waals surface area contributed by atoms with Gasteiger partial charge in [-0.25, -0.2) is 13.8 Å². The van der Waals surface area contributed by atoms with Crippen LogP contribution in [0.3, 0.4) is 0 Å². The molecule has 7 nitrogen and oxygen atoms in total. The maximum atomic E-state index is 13.8. The number of likely N-dealkylation sites (tertiary alicyclic amines) is 1. The fraction of sp³-hybridized carbons (Fsp3) is 0.250. The van der Waals surface area contributed by atoms with Gasteiger partial charge in [-0.05, 0) is 35.9 Å². The summed E-state index contributed by atoms with van der Waals surface area (Å²) in [5, 5.41) is 2.69. The van der Waals surface area contributed by atoms with Gasteiger partial charge >= 0.3 is 0 Å². The number of H-pyrrole nitrogens is 1. The second-order valence-electron chi connectivity index (χ2n) is 8.15. The van der Waals surface area contributed by atoms with E-state index in [0.29, 0.717) is 23.0 Å². The molecule has 0 spiro atoms. The minimum absolute atomic E-state index is 0.0125. The molecule has 3 aromatic heterocycles. The highest BCUT2D eigenvalue weighted by Gasteiger charge is 2.28. The van der Waals surface area contributed by atoms with Gasteiger partial charge in [0.05, 0.1) is 23.3 Å². The zero-order valence-corrected chi connectivity index (χ0v) is 17.8. The van der Waals surface area contributed by atoms with Crippen molar-refractivity contribution in [3.8, 4) is 0 Å². The van der Waals surface area contributed by atoms with Crippen LogP contribution in [0.15, 0.2) is 55.0 Å². The van der Waals surface area contributed by atoms with Crippen LogP contribution in [0, 0.1) is 11.6 Å². The highest BCUT2D eigenvalue weighted by atomic mass is 19.1. The maximum Gasteiger partial charge on any atom is 0.253 e. The number of hydrogen-bond donors (Lipinski definition) is 2. The Morgan fingerprint density at radius 3 is 2.82 bits per heavy atom. The molecule has 1 amide bonds. The zero-order valence-electron chi connectivity index (χ0n) is 17.8. The van der Waals surface area contributed by atoms with Crippen LogP contribution in [0.5, 0.6) is 0 Å². The summed E-state index contributed by atoms with van der Waals surface area (Å²) in [6.07, 6.45) is 5.47. The summed E-state index contributed by atoms with van der Waals surface area (Å²) in [7, 11) is 0. The second-order valence-corrected chi connectivity index (χ2v) is 8.15. The molecule has 0 aliphatic carbocycles. The van der Waals surface area contributed by atoms with E-state index < -0.39 is 5.82 Å². The van der Waals surface area contributed by atoms with Gasteiger partial charge in [-0.15, -0.1) is 0 Å². The van der Waals surface area contributed by atoms with Gasteiger partial charge in [0.2, 0.25) is 0 Å². The van der Waals surface area contributed by atoms with Crippen LogP contribution in [-0.4, -0.2) is 50.4 Å². The molecule has 0 radical (unpaired) electrons. The molecule has 9 heteroatoms. The molecule has 33 heavy (non-hydrogen) atoms. The minimum Gasteiger partial charge on any atom is -0.346 e. The lowest BCUT2D eigenvalue weighted by atomic mass is 9.91. The van der Waals surface area contributed by atoms with Crippen molar-refractivity contribution in [2.45, 2.75) is 18.9 Å². The van der Waals surface area contributed by atoms with Crippen molar-refractivity contribution >= 4 is 16.9 Å². The zero-order chi connectivity index (χ0) is 22.8. The number of halogens is 2. The fourth-order valence-electron chi connectivity index (χ4n) is 4.01. The number of para-hydroxylation sites is 1. The van der Waals surface area contributed by atoms with Gasteiger partial charge < -0.3 is 15.2 Å². The topological polar surface area (TPSA) is 86.8 Å². The number of carbonyl (C=O) groups excluding carboxylic acids is 1. The molecule has 1 aliphatic rings. The van der Waals surface area contributed by atoms with E-state index >= 15 is 0 Å². The van der Waals surface area contributed by atoms with Gasteiger partial charge in [0.1, 0.15) is 17.2 Å². The number of hydrogen-bond acceptors (Lipinski definition) is 5. The monoisotopic (exact) mass is 448 g/mol. The summed E-state index contributed by atoms with van der Waals surface area (Å²) in [6.45, 7) is 2.51. The third-order valence-electron chi connectivity index (χ3n) is 5.88. The molecular formula is C24H22F2N6O. The van der Waals surface area contributed by atoms with Crippen LogP contribution >= 0.6 is 0 Å². The van der Waals surface area contributed by atoms with E-state index in [1.807, 2.05) is 12.1 Å². The van der Waals surface area contributed by atoms with E-state index in [-0.39, 0.29) is 29.9 Å². The quantitative estimate of drug-likeness (QED) is 0.454. The van der Waals surface area contributed by atoms with Crippen LogP contribution in [-0.2, 0) is 13.0 Å². The number of rotatable bonds is 7. The molecular weight excluding hydrogens is 426 g/mol. The summed E-state index contributed by atoms with van der Waals surface area (Å²) < 4.78 is 27.5. The largest absolute Gasteiger partial charge is 0.346 e. The van der Waals surface area contributed by atoms with Gasteiger partial charge in [-0.2, -0.15) is 0 Å². The average Bonchev–Trinajstić information content (AvgIpc) is 3.22. The molecule has 0 saturated carbocycles. The smallest absolute Gasteiger partial charge is 0.253 e. The summed E-state index contributed by atoms with van der Waals surface area (Å²) in [6, 6.07) is 9.54. The van der Waals surface area contributed by atoms with Gasteiger partial charge in [0.15, 0.2) is 5.82 Å². The number of pyridine rings is 2. The highest BCUT2D eigenvalue weighted by Crippen LogP contribution is 2.27. The summed E-state index contributed by atoms with van der Waals surface area (Å²) in [5.41, 5.74) is 2.71. The molecule has 0 bridgehead atoms. The molecule has 168 valence electrons. The van der Waals surface area contributed by atoms with Gasteiger partial charge in [0, 0.05) is 50.6 Å². The minimum atomic E-state index is -0.452. The summed E-state index contributed by atoms with van der Waals surface area (Å²) in [4.78, 5) is 30.4. The van der Waals surface area contributed by atoms with Gasteiger partial charge in [-0.3, -0.25) is 14.8 Å². The van der Waals surface area contributed by atoms with Crippen LogP contribution in [0.4, 0.5) is 8.78 Å². The van der Waals surface area contributed by atoms with Crippen molar-refractivity contribution in [3.05, 3.63) is 89.3 Å². The number of aromatic amines is 1. The van der Waals surface area contributed by atoms with Crippen molar-refractivity contribution in [3.63, 3.8) is 0 Å². The van der Waals surface area contributed by atoms with Crippen molar-refractivity contribution in [2.75, 3.05) is 19.6 Å². The normalized spacial score (nSPS) is 14.4. The molecule has 1 aromatic carbocycles. The highest BCUT2D eigenvalue weighted by molar-refractivity contribution is 5.94. The SMILES string of the molecule is O=C(NCc1ncccc1F)c1cncc(C2CN(CCc3nc4c(F)cccc4[nH]3)C2)c1. The van der Waals surface area contributed by atoms with E-state index in [4.69, 9.17) is 0 Å². The van der Waals surface area contributed by atoms with Gasteiger partial charge in [-0.1, -0.05) is 6.07 Å². The Morgan fingerprint density at radius 1 is 1.15 bits per heavy atom. The number of carbonyl (C=O) groups is 1. The van der Waals surface area contributed by atoms with Crippen molar-refractivity contribution in [1.29, 1.82) is 0 Å². The maximum absolute atomic E-state index is 13.8.